The van der Waals surface area contributed by atoms with Gasteiger partial charge in [-0.3, -0.25) is 9.36 Å². The topological polar surface area (TPSA) is 59.8 Å². The molecule has 0 aliphatic carbocycles. The molecule has 0 unspecified atom stereocenters. The van der Waals surface area contributed by atoms with Gasteiger partial charge in [-0.05, 0) is 37.5 Å². The van der Waals surface area contributed by atoms with Crippen LogP contribution in [0.2, 0.25) is 0 Å². The average Bonchev–Trinajstić information content (AvgIpc) is 2.94. The first kappa shape index (κ1) is 17.5. The quantitative estimate of drug-likeness (QED) is 0.596. The highest BCUT2D eigenvalue weighted by atomic mass is 32.2. The number of amides is 1. The van der Waals surface area contributed by atoms with Gasteiger partial charge in [-0.25, -0.2) is 0 Å². The number of aryl methyl sites for hydroxylation is 2. The number of nitrogens with one attached hydrogen (secondary N) is 1. The van der Waals surface area contributed by atoms with Crippen LogP contribution in [-0.2, 0) is 11.2 Å². The van der Waals surface area contributed by atoms with E-state index in [9.17, 15) is 4.79 Å². The molecule has 1 aromatic carbocycles. The van der Waals surface area contributed by atoms with Gasteiger partial charge in [0.25, 0.3) is 0 Å². The Morgan fingerprint density at radius 2 is 1.96 bits per heavy atom. The molecule has 2 aromatic rings. The number of rotatable bonds is 8. The Morgan fingerprint density at radius 3 is 2.61 bits per heavy atom. The van der Waals surface area contributed by atoms with E-state index < -0.39 is 0 Å². The van der Waals surface area contributed by atoms with Crippen molar-refractivity contribution in [2.45, 2.75) is 45.2 Å². The molecule has 1 aromatic heterocycles. The molecule has 6 heteroatoms. The molecule has 0 aliphatic heterocycles. The molecular formula is C17H24N4OS. The van der Waals surface area contributed by atoms with Gasteiger partial charge in [-0.15, -0.1) is 10.2 Å². The van der Waals surface area contributed by atoms with Gasteiger partial charge >= 0.3 is 0 Å². The highest BCUT2D eigenvalue weighted by Crippen LogP contribution is 2.22. The smallest absolute Gasteiger partial charge is 0.230 e. The number of aromatic nitrogens is 3. The monoisotopic (exact) mass is 332 g/mol. The van der Waals surface area contributed by atoms with E-state index in [1.165, 1.54) is 17.3 Å². The molecule has 0 saturated carbocycles. The molecule has 124 valence electrons. The summed E-state index contributed by atoms with van der Waals surface area (Å²) >= 11 is 1.42. The van der Waals surface area contributed by atoms with Gasteiger partial charge in [0.1, 0.15) is 5.82 Å². The van der Waals surface area contributed by atoms with Gasteiger partial charge in [-0.1, -0.05) is 44.2 Å². The van der Waals surface area contributed by atoms with E-state index >= 15 is 0 Å². The Bertz CT molecular complexity index is 637. The summed E-state index contributed by atoms with van der Waals surface area (Å²) in [6, 6.07) is 8.36. The highest BCUT2D eigenvalue weighted by molar-refractivity contribution is 7.99. The predicted octanol–water partition coefficient (Wildman–Crippen LogP) is 3.15. The van der Waals surface area contributed by atoms with Crippen molar-refractivity contribution in [1.82, 2.24) is 20.1 Å². The van der Waals surface area contributed by atoms with Crippen molar-refractivity contribution < 1.29 is 4.79 Å². The maximum Gasteiger partial charge on any atom is 0.230 e. The summed E-state index contributed by atoms with van der Waals surface area (Å²) in [6.45, 7) is 6.90. The summed E-state index contributed by atoms with van der Waals surface area (Å²) in [5.74, 6) is 1.22. The van der Waals surface area contributed by atoms with Crippen LogP contribution in [0.3, 0.4) is 0 Å². The zero-order chi connectivity index (χ0) is 16.7. The molecule has 0 atom stereocenters. The minimum atomic E-state index is 0.0389. The Labute approximate surface area is 141 Å². The minimum Gasteiger partial charge on any atom is -0.355 e. The van der Waals surface area contributed by atoms with Crippen LogP contribution in [0.1, 0.15) is 38.1 Å². The van der Waals surface area contributed by atoms with E-state index in [-0.39, 0.29) is 5.91 Å². The van der Waals surface area contributed by atoms with E-state index in [1.54, 1.807) is 0 Å². The van der Waals surface area contributed by atoms with Gasteiger partial charge < -0.3 is 5.32 Å². The number of benzene rings is 1. The third-order valence-corrected chi connectivity index (χ3v) is 4.51. The molecular weight excluding hydrogens is 308 g/mol. The van der Waals surface area contributed by atoms with Crippen LogP contribution in [0.15, 0.2) is 29.4 Å². The Balaban J connectivity index is 2.04. The van der Waals surface area contributed by atoms with Crippen LogP contribution < -0.4 is 5.32 Å². The molecule has 0 fully saturated rings. The van der Waals surface area contributed by atoms with Gasteiger partial charge in [0.2, 0.25) is 5.91 Å². The fourth-order valence-electron chi connectivity index (χ4n) is 2.20. The third kappa shape index (κ3) is 4.82. The van der Waals surface area contributed by atoms with E-state index in [1.807, 2.05) is 11.5 Å². The fourth-order valence-corrected chi connectivity index (χ4v) is 3.03. The lowest BCUT2D eigenvalue weighted by Gasteiger charge is -2.09. The molecule has 1 heterocycles. The molecule has 0 radical (unpaired) electrons. The summed E-state index contributed by atoms with van der Waals surface area (Å²) in [5, 5.41) is 12.0. The molecule has 0 spiro atoms. The summed E-state index contributed by atoms with van der Waals surface area (Å²) in [7, 11) is 0. The number of carbonyl (C=O) groups is 1. The zero-order valence-corrected chi connectivity index (χ0v) is 14.8. The van der Waals surface area contributed by atoms with E-state index in [0.717, 1.165) is 42.5 Å². The number of thioether (sulfide) groups is 1. The maximum atomic E-state index is 11.8. The highest BCUT2D eigenvalue weighted by Gasteiger charge is 2.13. The minimum absolute atomic E-state index is 0.0389. The number of hydrogen-bond donors (Lipinski definition) is 1. The second-order valence-electron chi connectivity index (χ2n) is 5.38. The van der Waals surface area contributed by atoms with E-state index in [4.69, 9.17) is 0 Å². The lowest BCUT2D eigenvalue weighted by Crippen LogP contribution is -2.26. The summed E-state index contributed by atoms with van der Waals surface area (Å²) < 4.78 is 1.99. The molecule has 5 nitrogen and oxygen atoms in total. The molecule has 1 N–H and O–H groups in total. The van der Waals surface area contributed by atoms with Crippen molar-refractivity contribution in [2.24, 2.45) is 0 Å². The van der Waals surface area contributed by atoms with Gasteiger partial charge in [-0.2, -0.15) is 0 Å². The summed E-state index contributed by atoms with van der Waals surface area (Å²) in [4.78, 5) is 11.8. The lowest BCUT2D eigenvalue weighted by atomic mass is 10.1. The van der Waals surface area contributed by atoms with E-state index in [2.05, 4.69) is 53.6 Å². The maximum absolute atomic E-state index is 11.8. The summed E-state index contributed by atoms with van der Waals surface area (Å²) in [6.07, 6.45) is 3.10. The van der Waals surface area contributed by atoms with Gasteiger partial charge in [0, 0.05) is 12.2 Å². The first-order chi connectivity index (χ1) is 11.2. The SMILES string of the molecule is CCCCNC(=O)CSc1nnc(C)n1-c1ccc(CC)cc1. The Morgan fingerprint density at radius 1 is 1.22 bits per heavy atom. The van der Waals surface area contributed by atoms with Crippen LogP contribution >= 0.6 is 11.8 Å². The van der Waals surface area contributed by atoms with Crippen LogP contribution in [-0.4, -0.2) is 33.0 Å². The van der Waals surface area contributed by atoms with E-state index in [0.29, 0.717) is 5.75 Å². The second-order valence-corrected chi connectivity index (χ2v) is 6.32. The molecule has 1 amide bonds. The Hall–Kier alpha value is -1.82. The Kier molecular flexibility index (Phi) is 6.65. The first-order valence-electron chi connectivity index (χ1n) is 8.06. The van der Waals surface area contributed by atoms with Crippen LogP contribution in [0.4, 0.5) is 0 Å². The van der Waals surface area contributed by atoms with Crippen molar-refractivity contribution in [3.05, 3.63) is 35.7 Å². The van der Waals surface area contributed by atoms with Crippen LogP contribution in [0.5, 0.6) is 0 Å². The number of hydrogen-bond acceptors (Lipinski definition) is 4. The molecule has 0 aliphatic rings. The lowest BCUT2D eigenvalue weighted by molar-refractivity contribution is -0.118. The second kappa shape index (κ2) is 8.72. The summed E-state index contributed by atoms with van der Waals surface area (Å²) in [5.41, 5.74) is 2.32. The zero-order valence-electron chi connectivity index (χ0n) is 14.0. The van der Waals surface area contributed by atoms with Crippen molar-refractivity contribution >= 4 is 17.7 Å². The largest absolute Gasteiger partial charge is 0.355 e. The van der Waals surface area contributed by atoms with Crippen molar-refractivity contribution in [3.63, 3.8) is 0 Å². The van der Waals surface area contributed by atoms with Crippen molar-refractivity contribution in [3.8, 4) is 5.69 Å². The number of unbranched alkanes of at least 4 members (excludes halogenated alkanes) is 1. The molecule has 0 saturated heterocycles. The van der Waals surface area contributed by atoms with Crippen LogP contribution in [0.25, 0.3) is 5.69 Å². The normalized spacial score (nSPS) is 10.7. The standard InChI is InChI=1S/C17H24N4OS/c1-4-6-11-18-16(22)12-23-17-20-19-13(3)21(17)15-9-7-14(5-2)8-10-15/h7-10H,4-6,11-12H2,1-3H3,(H,18,22). The first-order valence-corrected chi connectivity index (χ1v) is 9.05. The fraction of sp³-hybridized carbons (Fsp3) is 0.471. The van der Waals surface area contributed by atoms with Gasteiger partial charge in [0.15, 0.2) is 5.16 Å². The average molecular weight is 332 g/mol. The van der Waals surface area contributed by atoms with Crippen molar-refractivity contribution in [1.29, 1.82) is 0 Å². The molecule has 0 bridgehead atoms. The predicted molar refractivity (Wildman–Crippen MR) is 94.1 cm³/mol. The molecule has 2 rings (SSSR count). The number of carbonyl (C=O) groups excluding carboxylic acids is 1. The van der Waals surface area contributed by atoms with Crippen molar-refractivity contribution in [2.75, 3.05) is 12.3 Å². The van der Waals surface area contributed by atoms with Gasteiger partial charge in [0.05, 0.1) is 5.75 Å². The number of nitrogens with zero attached hydrogens (tertiary/aromatic N) is 3. The van der Waals surface area contributed by atoms with Crippen LogP contribution in [0, 0.1) is 6.92 Å². The third-order valence-electron chi connectivity index (χ3n) is 3.58. The molecule has 23 heavy (non-hydrogen) atoms.